The molecule has 1 amide bonds. The highest BCUT2D eigenvalue weighted by Gasteiger charge is 2.22. The van der Waals surface area contributed by atoms with Crippen molar-refractivity contribution in [1.29, 1.82) is 0 Å². The van der Waals surface area contributed by atoms with E-state index in [4.69, 9.17) is 4.99 Å². The number of amides is 1. The van der Waals surface area contributed by atoms with Crippen LogP contribution in [0, 0.1) is 0 Å². The molecule has 0 radical (unpaired) electrons. The molecule has 1 aliphatic rings. The van der Waals surface area contributed by atoms with Gasteiger partial charge in [-0.1, -0.05) is 13.3 Å². The van der Waals surface area contributed by atoms with Crippen molar-refractivity contribution in [3.63, 3.8) is 0 Å². The van der Waals surface area contributed by atoms with E-state index in [-0.39, 0.29) is 11.6 Å². The Morgan fingerprint density at radius 3 is 2.82 bits per heavy atom. The van der Waals surface area contributed by atoms with Crippen LogP contribution in [0.25, 0.3) is 0 Å². The second-order valence-electron chi connectivity index (χ2n) is 6.15. The van der Waals surface area contributed by atoms with Crippen LogP contribution in [0.15, 0.2) is 64.1 Å². The Morgan fingerprint density at radius 1 is 1.11 bits per heavy atom. The van der Waals surface area contributed by atoms with Crippen LogP contribution in [0.1, 0.15) is 41.4 Å². The molecule has 0 aromatic carbocycles. The molecule has 0 aliphatic carbocycles. The molecular weight excluding hydrogens is 372 g/mol. The van der Waals surface area contributed by atoms with Crippen molar-refractivity contribution in [3.8, 4) is 0 Å². The van der Waals surface area contributed by atoms with Gasteiger partial charge in [-0.2, -0.15) is 0 Å². The minimum absolute atomic E-state index is 0.244. The van der Waals surface area contributed by atoms with Crippen LogP contribution >= 0.6 is 11.8 Å². The van der Waals surface area contributed by atoms with E-state index in [1.54, 1.807) is 18.6 Å². The average Bonchev–Trinajstić information content (AvgIpc) is 2.90. The lowest BCUT2D eigenvalue weighted by Gasteiger charge is -2.07. The third kappa shape index (κ3) is 3.77. The van der Waals surface area contributed by atoms with Gasteiger partial charge < -0.3 is 5.32 Å². The minimum Gasteiger partial charge on any atom is -0.351 e. The zero-order valence-electron chi connectivity index (χ0n) is 15.3. The van der Waals surface area contributed by atoms with Gasteiger partial charge in [-0.3, -0.25) is 9.78 Å². The van der Waals surface area contributed by atoms with E-state index in [9.17, 15) is 4.79 Å². The van der Waals surface area contributed by atoms with Gasteiger partial charge in [0.15, 0.2) is 5.82 Å². The zero-order chi connectivity index (χ0) is 19.3. The SMILES string of the molecule is CCCCNC(=O)c1cnc2c(n1)N=C(c1cccnc1)c1cccnc1S2. The second-order valence-corrected chi connectivity index (χ2v) is 7.13. The Bertz CT molecular complexity index is 1040. The summed E-state index contributed by atoms with van der Waals surface area (Å²) in [6.07, 6.45) is 8.62. The largest absolute Gasteiger partial charge is 0.351 e. The monoisotopic (exact) mass is 390 g/mol. The van der Waals surface area contributed by atoms with Crippen LogP contribution < -0.4 is 5.32 Å². The van der Waals surface area contributed by atoms with Crippen molar-refractivity contribution < 1.29 is 4.79 Å². The summed E-state index contributed by atoms with van der Waals surface area (Å²) in [6.45, 7) is 2.69. The fraction of sp³-hybridized carbons (Fsp3) is 0.200. The number of aliphatic imine (C=N–C) groups is 1. The van der Waals surface area contributed by atoms with Crippen molar-refractivity contribution in [2.75, 3.05) is 6.54 Å². The first-order chi connectivity index (χ1) is 13.8. The lowest BCUT2D eigenvalue weighted by Crippen LogP contribution is -2.25. The van der Waals surface area contributed by atoms with E-state index >= 15 is 0 Å². The summed E-state index contributed by atoms with van der Waals surface area (Å²) in [4.78, 5) is 34.7. The minimum atomic E-state index is -0.244. The van der Waals surface area contributed by atoms with Gasteiger partial charge in [0.25, 0.3) is 5.91 Å². The van der Waals surface area contributed by atoms with E-state index in [0.29, 0.717) is 23.1 Å². The number of unbranched alkanes of at least 4 members (excludes halogenated alkanes) is 1. The molecule has 4 heterocycles. The lowest BCUT2D eigenvalue weighted by atomic mass is 10.1. The number of nitrogens with zero attached hydrogens (tertiary/aromatic N) is 5. The predicted molar refractivity (Wildman–Crippen MR) is 107 cm³/mol. The molecule has 28 heavy (non-hydrogen) atoms. The lowest BCUT2D eigenvalue weighted by molar-refractivity contribution is 0.0947. The summed E-state index contributed by atoms with van der Waals surface area (Å²) in [5.41, 5.74) is 2.70. The average molecular weight is 390 g/mol. The molecule has 0 saturated carbocycles. The maximum Gasteiger partial charge on any atom is 0.271 e. The second kappa shape index (κ2) is 8.26. The molecule has 3 aromatic rings. The fourth-order valence-electron chi connectivity index (χ4n) is 2.72. The molecule has 8 heteroatoms. The first kappa shape index (κ1) is 18.2. The van der Waals surface area contributed by atoms with Gasteiger partial charge in [-0.15, -0.1) is 0 Å². The number of pyridine rings is 2. The molecule has 4 rings (SSSR count). The molecule has 7 nitrogen and oxygen atoms in total. The Labute approximate surface area is 166 Å². The highest BCUT2D eigenvalue weighted by atomic mass is 32.2. The summed E-state index contributed by atoms with van der Waals surface area (Å²) in [5, 5.41) is 4.27. The van der Waals surface area contributed by atoms with Gasteiger partial charge in [0, 0.05) is 36.3 Å². The number of carbonyl (C=O) groups excluding carboxylic acids is 1. The topological polar surface area (TPSA) is 93.0 Å². The molecule has 0 atom stereocenters. The fourth-order valence-corrected chi connectivity index (χ4v) is 3.58. The summed E-state index contributed by atoms with van der Waals surface area (Å²) in [5.74, 6) is 0.164. The summed E-state index contributed by atoms with van der Waals surface area (Å²) in [7, 11) is 0. The van der Waals surface area contributed by atoms with Crippen molar-refractivity contribution in [2.24, 2.45) is 4.99 Å². The van der Waals surface area contributed by atoms with Crippen LogP contribution in [0.3, 0.4) is 0 Å². The van der Waals surface area contributed by atoms with Crippen molar-refractivity contribution >= 4 is 29.2 Å². The van der Waals surface area contributed by atoms with Gasteiger partial charge in [0.05, 0.1) is 11.9 Å². The number of hydrogen-bond acceptors (Lipinski definition) is 7. The van der Waals surface area contributed by atoms with Crippen LogP contribution in [0.4, 0.5) is 5.82 Å². The third-order valence-corrected chi connectivity index (χ3v) is 5.14. The molecule has 0 spiro atoms. The van der Waals surface area contributed by atoms with Gasteiger partial charge in [0.2, 0.25) is 0 Å². The first-order valence-electron chi connectivity index (χ1n) is 9.04. The van der Waals surface area contributed by atoms with Crippen molar-refractivity contribution in [1.82, 2.24) is 25.3 Å². The Hall–Kier alpha value is -3.13. The van der Waals surface area contributed by atoms with E-state index in [1.165, 1.54) is 18.0 Å². The molecule has 0 saturated heterocycles. The number of carbonyl (C=O) groups is 1. The predicted octanol–water partition coefficient (Wildman–Crippen LogP) is 3.43. The highest BCUT2D eigenvalue weighted by molar-refractivity contribution is 7.99. The van der Waals surface area contributed by atoms with Crippen molar-refractivity contribution in [3.05, 3.63) is 65.9 Å². The van der Waals surface area contributed by atoms with Gasteiger partial charge in [-0.25, -0.2) is 19.9 Å². The number of aromatic nitrogens is 4. The summed E-state index contributed by atoms with van der Waals surface area (Å²) < 4.78 is 0. The summed E-state index contributed by atoms with van der Waals surface area (Å²) in [6, 6.07) is 7.63. The Morgan fingerprint density at radius 2 is 2.00 bits per heavy atom. The van der Waals surface area contributed by atoms with Gasteiger partial charge in [0.1, 0.15) is 15.7 Å². The number of hydrogen-bond donors (Lipinski definition) is 1. The Balaban J connectivity index is 1.78. The number of rotatable bonds is 5. The molecular formula is C20H18N6OS. The standard InChI is InChI=1S/C20H18N6OS/c1-2-3-9-22-18(27)15-12-24-20-17(25-15)26-16(13-6-4-8-21-11-13)14-7-5-10-23-19(14)28-20/h4-8,10-12H,2-3,9H2,1H3,(H,22,27). The quantitative estimate of drug-likeness (QED) is 0.525. The van der Waals surface area contributed by atoms with E-state index in [2.05, 4.69) is 32.2 Å². The molecule has 1 aliphatic heterocycles. The highest BCUT2D eigenvalue weighted by Crippen LogP contribution is 2.37. The molecule has 1 N–H and O–H groups in total. The van der Waals surface area contributed by atoms with Crippen LogP contribution in [0.5, 0.6) is 0 Å². The smallest absolute Gasteiger partial charge is 0.271 e. The normalized spacial score (nSPS) is 12.4. The van der Waals surface area contributed by atoms with E-state index in [0.717, 1.165) is 29.0 Å². The van der Waals surface area contributed by atoms with E-state index in [1.807, 2.05) is 24.3 Å². The molecule has 3 aromatic heterocycles. The van der Waals surface area contributed by atoms with Crippen LogP contribution in [-0.2, 0) is 0 Å². The molecule has 140 valence electrons. The summed E-state index contributed by atoms with van der Waals surface area (Å²) >= 11 is 1.39. The zero-order valence-corrected chi connectivity index (χ0v) is 16.1. The molecule has 0 fully saturated rings. The first-order valence-corrected chi connectivity index (χ1v) is 9.85. The van der Waals surface area contributed by atoms with E-state index < -0.39 is 0 Å². The van der Waals surface area contributed by atoms with Gasteiger partial charge >= 0.3 is 0 Å². The van der Waals surface area contributed by atoms with Crippen LogP contribution in [-0.4, -0.2) is 38.1 Å². The molecule has 0 unspecified atom stereocenters. The third-order valence-electron chi connectivity index (χ3n) is 4.14. The van der Waals surface area contributed by atoms with Crippen molar-refractivity contribution in [2.45, 2.75) is 29.8 Å². The number of fused-ring (bicyclic) bond motifs is 2. The van der Waals surface area contributed by atoms with Gasteiger partial charge in [-0.05, 0) is 42.4 Å². The van der Waals surface area contributed by atoms with Crippen LogP contribution in [0.2, 0.25) is 0 Å². The maximum atomic E-state index is 12.4. The number of nitrogens with one attached hydrogen (secondary N) is 1. The maximum absolute atomic E-state index is 12.4. The molecule has 0 bridgehead atoms. The Kier molecular flexibility index (Phi) is 5.38.